The number of nitriles is 1. The van der Waals surface area contributed by atoms with Crippen molar-refractivity contribution in [3.8, 4) is 23.1 Å². The molecule has 6 nitrogen and oxygen atoms in total. The van der Waals surface area contributed by atoms with Crippen molar-refractivity contribution in [3.05, 3.63) is 41.9 Å². The number of alkyl halides is 3. The Bertz CT molecular complexity index is 1240. The van der Waals surface area contributed by atoms with E-state index in [1.165, 1.54) is 6.07 Å². The highest BCUT2D eigenvalue weighted by molar-refractivity contribution is 5.91. The third-order valence-corrected chi connectivity index (χ3v) is 6.73. The number of aryl methyl sites for hydroxylation is 1. The summed E-state index contributed by atoms with van der Waals surface area (Å²) in [4.78, 5) is 10.8. The van der Waals surface area contributed by atoms with Crippen LogP contribution < -0.4 is 4.74 Å². The lowest BCUT2D eigenvalue weighted by molar-refractivity contribution is -0.138. The van der Waals surface area contributed by atoms with Crippen LogP contribution in [0.4, 0.5) is 13.2 Å². The fourth-order valence-corrected chi connectivity index (χ4v) is 4.66. The SMILES string of the molecule is Cn1ccc2c(-c3ccc(OCCC4CCN(C(C)(C)C)CC4)c(C(F)(F)F)c3)nc(C#N)nc21. The van der Waals surface area contributed by atoms with Gasteiger partial charge in [0.25, 0.3) is 0 Å². The zero-order valence-electron chi connectivity index (χ0n) is 20.5. The van der Waals surface area contributed by atoms with E-state index in [0.717, 1.165) is 38.4 Å². The normalized spacial score (nSPS) is 15.9. The highest BCUT2D eigenvalue weighted by Crippen LogP contribution is 2.40. The Morgan fingerprint density at radius 1 is 1.11 bits per heavy atom. The monoisotopic (exact) mass is 485 g/mol. The lowest BCUT2D eigenvalue weighted by Gasteiger charge is -2.40. The van der Waals surface area contributed by atoms with E-state index in [2.05, 4.69) is 35.6 Å². The van der Waals surface area contributed by atoms with E-state index in [1.54, 1.807) is 29.9 Å². The summed E-state index contributed by atoms with van der Waals surface area (Å²) in [6.45, 7) is 8.82. The van der Waals surface area contributed by atoms with E-state index in [9.17, 15) is 18.4 Å². The maximum atomic E-state index is 14.0. The first kappa shape index (κ1) is 25.0. The molecule has 1 aliphatic heterocycles. The van der Waals surface area contributed by atoms with Crippen molar-refractivity contribution in [2.75, 3.05) is 19.7 Å². The van der Waals surface area contributed by atoms with Crippen LogP contribution >= 0.6 is 0 Å². The first-order chi connectivity index (χ1) is 16.5. The highest BCUT2D eigenvalue weighted by Gasteiger charge is 2.35. The largest absolute Gasteiger partial charge is 0.493 e. The van der Waals surface area contributed by atoms with E-state index in [-0.39, 0.29) is 35.0 Å². The van der Waals surface area contributed by atoms with Gasteiger partial charge in [-0.1, -0.05) is 0 Å². The van der Waals surface area contributed by atoms with Crippen LogP contribution in [0.5, 0.6) is 5.75 Å². The van der Waals surface area contributed by atoms with Crippen molar-refractivity contribution in [1.29, 1.82) is 5.26 Å². The lowest BCUT2D eigenvalue weighted by Crippen LogP contribution is -2.46. The minimum atomic E-state index is -4.59. The molecule has 35 heavy (non-hydrogen) atoms. The van der Waals surface area contributed by atoms with E-state index in [1.807, 2.05) is 6.07 Å². The van der Waals surface area contributed by atoms with Gasteiger partial charge < -0.3 is 9.30 Å². The summed E-state index contributed by atoms with van der Waals surface area (Å²) >= 11 is 0. The maximum Gasteiger partial charge on any atom is 0.419 e. The van der Waals surface area contributed by atoms with Gasteiger partial charge in [-0.3, -0.25) is 4.90 Å². The van der Waals surface area contributed by atoms with E-state index < -0.39 is 11.7 Å². The third kappa shape index (κ3) is 5.43. The number of ether oxygens (including phenoxy) is 1. The second-order valence-corrected chi connectivity index (χ2v) is 10.1. The summed E-state index contributed by atoms with van der Waals surface area (Å²) in [7, 11) is 1.76. The molecule has 9 heteroatoms. The molecular formula is C26H30F3N5O. The number of nitrogens with zero attached hydrogens (tertiary/aromatic N) is 5. The lowest BCUT2D eigenvalue weighted by atomic mass is 9.91. The molecule has 0 unspecified atom stereocenters. The number of aromatic nitrogens is 3. The number of likely N-dealkylation sites (tertiary alicyclic amines) is 1. The summed E-state index contributed by atoms with van der Waals surface area (Å²) in [6, 6.07) is 7.57. The molecule has 0 N–H and O–H groups in total. The number of benzene rings is 1. The summed E-state index contributed by atoms with van der Waals surface area (Å²) < 4.78 is 49.3. The molecule has 0 aliphatic carbocycles. The molecule has 1 saturated heterocycles. The molecule has 0 spiro atoms. The molecule has 1 aliphatic rings. The Hall–Kier alpha value is -3.12. The van der Waals surface area contributed by atoms with Crippen LogP contribution in [0.15, 0.2) is 30.5 Å². The predicted octanol–water partition coefficient (Wildman–Crippen LogP) is 5.81. The van der Waals surface area contributed by atoms with Crippen molar-refractivity contribution >= 4 is 11.0 Å². The van der Waals surface area contributed by atoms with E-state index in [0.29, 0.717) is 17.0 Å². The number of hydrogen-bond donors (Lipinski definition) is 0. The second kappa shape index (κ2) is 9.50. The third-order valence-electron chi connectivity index (χ3n) is 6.73. The zero-order valence-corrected chi connectivity index (χ0v) is 20.5. The number of hydrogen-bond acceptors (Lipinski definition) is 5. The van der Waals surface area contributed by atoms with Crippen molar-refractivity contribution < 1.29 is 17.9 Å². The summed E-state index contributed by atoms with van der Waals surface area (Å²) in [5.41, 5.74) is 0.314. The fourth-order valence-electron chi connectivity index (χ4n) is 4.66. The molecule has 1 fully saturated rings. The summed E-state index contributed by atoms with van der Waals surface area (Å²) in [5.74, 6) is 0.159. The average Bonchev–Trinajstić information content (AvgIpc) is 3.18. The van der Waals surface area contributed by atoms with Gasteiger partial charge in [-0.25, -0.2) is 9.97 Å². The molecule has 0 radical (unpaired) electrons. The minimum Gasteiger partial charge on any atom is -0.493 e. The molecule has 0 amide bonds. The molecule has 186 valence electrons. The Labute approximate surface area is 203 Å². The van der Waals surface area contributed by atoms with E-state index >= 15 is 0 Å². The first-order valence-corrected chi connectivity index (χ1v) is 11.8. The molecular weight excluding hydrogens is 455 g/mol. The highest BCUT2D eigenvalue weighted by atomic mass is 19.4. The Balaban J connectivity index is 1.53. The van der Waals surface area contributed by atoms with Crippen molar-refractivity contribution in [3.63, 3.8) is 0 Å². The number of rotatable bonds is 5. The van der Waals surface area contributed by atoms with Crippen LogP contribution in [-0.4, -0.2) is 44.7 Å². The van der Waals surface area contributed by atoms with Gasteiger partial charge in [0, 0.05) is 29.7 Å². The molecule has 2 aromatic heterocycles. The Kier molecular flexibility index (Phi) is 6.78. The van der Waals surface area contributed by atoms with Crippen molar-refractivity contribution in [1.82, 2.24) is 19.4 Å². The first-order valence-electron chi connectivity index (χ1n) is 11.8. The molecule has 0 atom stereocenters. The number of piperidine rings is 1. The van der Waals surface area contributed by atoms with E-state index in [4.69, 9.17) is 4.74 Å². The van der Waals surface area contributed by atoms with Gasteiger partial charge in [-0.2, -0.15) is 18.4 Å². The molecule has 0 bridgehead atoms. The van der Waals surface area contributed by atoms with Gasteiger partial charge in [0.05, 0.1) is 17.9 Å². The van der Waals surface area contributed by atoms with Crippen molar-refractivity contribution in [2.45, 2.75) is 51.7 Å². The topological polar surface area (TPSA) is 67.0 Å². The van der Waals surface area contributed by atoms with Gasteiger partial charge in [0.2, 0.25) is 5.82 Å². The fraction of sp³-hybridized carbons (Fsp3) is 0.500. The number of fused-ring (bicyclic) bond motifs is 1. The van der Waals surface area contributed by atoms with Gasteiger partial charge in [0.1, 0.15) is 17.5 Å². The van der Waals surface area contributed by atoms with Crippen LogP contribution in [0.25, 0.3) is 22.3 Å². The molecule has 3 heterocycles. The van der Waals surface area contributed by atoms with Gasteiger partial charge in [-0.05, 0) is 83.3 Å². The summed E-state index contributed by atoms with van der Waals surface area (Å²) in [5, 5.41) is 9.88. The molecule has 3 aromatic rings. The quantitative estimate of drug-likeness (QED) is 0.457. The standard InChI is InChI=1S/C26H30F3N5O/c1-25(2,3)34-12-7-17(8-13-34)10-14-35-21-6-5-18(15-20(21)26(27,28)29)23-19-9-11-33(4)24(19)32-22(16-30)31-23/h5-6,9,11,15,17H,7-8,10,12-14H2,1-4H3. The smallest absolute Gasteiger partial charge is 0.419 e. The van der Waals surface area contributed by atoms with Gasteiger partial charge >= 0.3 is 6.18 Å². The Morgan fingerprint density at radius 2 is 1.83 bits per heavy atom. The average molecular weight is 486 g/mol. The van der Waals surface area contributed by atoms with Crippen LogP contribution in [0.3, 0.4) is 0 Å². The van der Waals surface area contributed by atoms with Crippen LogP contribution in [0.2, 0.25) is 0 Å². The zero-order chi connectivity index (χ0) is 25.4. The molecule has 4 rings (SSSR count). The van der Waals surface area contributed by atoms with Gasteiger partial charge in [-0.15, -0.1) is 0 Å². The van der Waals surface area contributed by atoms with Crippen molar-refractivity contribution in [2.24, 2.45) is 13.0 Å². The Morgan fingerprint density at radius 3 is 2.46 bits per heavy atom. The summed E-state index contributed by atoms with van der Waals surface area (Å²) in [6.07, 6.45) is -0.0943. The van der Waals surface area contributed by atoms with Crippen LogP contribution in [0, 0.1) is 17.2 Å². The van der Waals surface area contributed by atoms with Crippen LogP contribution in [-0.2, 0) is 13.2 Å². The molecule has 1 aromatic carbocycles. The maximum absolute atomic E-state index is 14.0. The molecule has 0 saturated carbocycles. The second-order valence-electron chi connectivity index (χ2n) is 10.1. The number of halogens is 3. The van der Waals surface area contributed by atoms with Crippen LogP contribution in [0.1, 0.15) is 51.4 Å². The predicted molar refractivity (Wildman–Crippen MR) is 128 cm³/mol. The van der Waals surface area contributed by atoms with Gasteiger partial charge in [0.15, 0.2) is 0 Å². The minimum absolute atomic E-state index is 0.0966.